The lowest BCUT2D eigenvalue weighted by Crippen LogP contribution is -2.45. The van der Waals surface area contributed by atoms with Crippen molar-refractivity contribution in [1.29, 1.82) is 0 Å². The van der Waals surface area contributed by atoms with Gasteiger partial charge in [0.15, 0.2) is 0 Å². The Morgan fingerprint density at radius 2 is 2.30 bits per heavy atom. The summed E-state index contributed by atoms with van der Waals surface area (Å²) in [6.45, 7) is 5.19. The Bertz CT molecular complexity index is 592. The summed E-state index contributed by atoms with van der Waals surface area (Å²) in [6, 6.07) is 6.56. The zero-order valence-corrected chi connectivity index (χ0v) is 12.7. The van der Waals surface area contributed by atoms with Crippen LogP contribution in [-0.4, -0.2) is 29.0 Å². The molecule has 1 saturated heterocycles. The highest BCUT2D eigenvalue weighted by molar-refractivity contribution is 6.31. The lowest BCUT2D eigenvalue weighted by molar-refractivity contribution is 0.115. The van der Waals surface area contributed by atoms with Gasteiger partial charge >= 0.3 is 0 Å². The van der Waals surface area contributed by atoms with E-state index in [1.165, 1.54) is 23.8 Å². The maximum Gasteiger partial charge on any atom is 0.0472 e. The Morgan fingerprint density at radius 3 is 3.10 bits per heavy atom. The van der Waals surface area contributed by atoms with E-state index in [4.69, 9.17) is 17.3 Å². The minimum absolute atomic E-state index is 0.510. The Hall–Kier alpha value is -1.03. The summed E-state index contributed by atoms with van der Waals surface area (Å²) in [6.07, 6.45) is 4.59. The number of aromatic amines is 1. The molecule has 1 aliphatic heterocycles. The molecule has 1 aromatic heterocycles. The number of piperidine rings is 1. The van der Waals surface area contributed by atoms with Crippen molar-refractivity contribution in [3.05, 3.63) is 35.0 Å². The summed E-state index contributed by atoms with van der Waals surface area (Å²) < 4.78 is 0. The first-order valence-electron chi connectivity index (χ1n) is 7.37. The normalized spacial score (nSPS) is 24.4. The molecule has 0 aliphatic carbocycles. The van der Waals surface area contributed by atoms with Gasteiger partial charge in [-0.25, -0.2) is 0 Å². The van der Waals surface area contributed by atoms with Crippen molar-refractivity contribution in [3.63, 3.8) is 0 Å². The Morgan fingerprint density at radius 1 is 1.45 bits per heavy atom. The molecule has 2 atom stereocenters. The monoisotopic (exact) mass is 291 g/mol. The lowest BCUT2D eigenvalue weighted by Gasteiger charge is -2.37. The molecule has 0 bridgehead atoms. The van der Waals surface area contributed by atoms with Gasteiger partial charge in [0.25, 0.3) is 0 Å². The molecule has 2 heterocycles. The molecule has 3 nitrogen and oxygen atoms in total. The molecule has 3 N–H and O–H groups in total. The van der Waals surface area contributed by atoms with Crippen molar-refractivity contribution < 1.29 is 0 Å². The molecule has 0 amide bonds. The molecule has 1 aromatic carbocycles. The molecule has 2 unspecified atom stereocenters. The van der Waals surface area contributed by atoms with Crippen LogP contribution in [-0.2, 0) is 6.54 Å². The standard InChI is InChI=1S/C16H22ClN3/c1-11-4-5-20(14(6-11)8-18)10-12-9-19-16-7-13(17)2-3-15(12)16/h2-3,7,9,11,14,19H,4-6,8,10,18H2,1H3. The molecule has 0 spiro atoms. The van der Waals surface area contributed by atoms with Gasteiger partial charge in [-0.3, -0.25) is 4.90 Å². The largest absolute Gasteiger partial charge is 0.361 e. The molecule has 2 aromatic rings. The van der Waals surface area contributed by atoms with Crippen molar-refractivity contribution in [2.45, 2.75) is 32.4 Å². The fraction of sp³-hybridized carbons (Fsp3) is 0.500. The van der Waals surface area contributed by atoms with E-state index in [1.807, 2.05) is 12.1 Å². The van der Waals surface area contributed by atoms with Crippen LogP contribution >= 0.6 is 11.6 Å². The number of rotatable bonds is 3. The fourth-order valence-electron chi connectivity index (χ4n) is 3.26. The number of hydrogen-bond acceptors (Lipinski definition) is 2. The van der Waals surface area contributed by atoms with Crippen LogP contribution in [0.3, 0.4) is 0 Å². The predicted octanol–water partition coefficient (Wildman–Crippen LogP) is 3.38. The second-order valence-corrected chi connectivity index (χ2v) is 6.43. The Kier molecular flexibility index (Phi) is 4.01. The van der Waals surface area contributed by atoms with E-state index >= 15 is 0 Å². The topological polar surface area (TPSA) is 45.0 Å². The van der Waals surface area contributed by atoms with Crippen LogP contribution in [0.5, 0.6) is 0 Å². The average molecular weight is 292 g/mol. The molecule has 4 heteroatoms. The van der Waals surface area contributed by atoms with E-state index in [-0.39, 0.29) is 0 Å². The van der Waals surface area contributed by atoms with Gasteiger partial charge in [-0.2, -0.15) is 0 Å². The van der Waals surface area contributed by atoms with Crippen LogP contribution in [0.1, 0.15) is 25.3 Å². The molecule has 1 aliphatic rings. The van der Waals surface area contributed by atoms with Gasteiger partial charge in [-0.05, 0) is 43.0 Å². The number of fused-ring (bicyclic) bond motifs is 1. The molecule has 0 radical (unpaired) electrons. The third kappa shape index (κ3) is 2.71. The third-order valence-corrected chi connectivity index (χ3v) is 4.71. The summed E-state index contributed by atoms with van der Waals surface area (Å²) >= 11 is 6.03. The quantitative estimate of drug-likeness (QED) is 0.910. The van der Waals surface area contributed by atoms with Crippen molar-refractivity contribution in [2.24, 2.45) is 11.7 Å². The first-order chi connectivity index (χ1) is 9.67. The van der Waals surface area contributed by atoms with Gasteiger partial charge in [-0.1, -0.05) is 24.6 Å². The number of benzene rings is 1. The third-order valence-electron chi connectivity index (χ3n) is 4.47. The van der Waals surface area contributed by atoms with Crippen molar-refractivity contribution >= 4 is 22.5 Å². The summed E-state index contributed by atoms with van der Waals surface area (Å²) in [7, 11) is 0. The average Bonchev–Trinajstić information content (AvgIpc) is 2.83. The second kappa shape index (κ2) is 5.76. The summed E-state index contributed by atoms with van der Waals surface area (Å²) in [5, 5.41) is 2.04. The van der Waals surface area contributed by atoms with E-state index in [1.54, 1.807) is 0 Å². The molecule has 108 valence electrons. The van der Waals surface area contributed by atoms with Gasteiger partial charge in [0.05, 0.1) is 0 Å². The van der Waals surface area contributed by atoms with Gasteiger partial charge in [-0.15, -0.1) is 0 Å². The highest BCUT2D eigenvalue weighted by Crippen LogP contribution is 2.27. The minimum atomic E-state index is 0.510. The number of likely N-dealkylation sites (tertiary alicyclic amines) is 1. The Labute approximate surface area is 125 Å². The van der Waals surface area contributed by atoms with Gasteiger partial charge < -0.3 is 10.7 Å². The van der Waals surface area contributed by atoms with E-state index in [0.717, 1.165) is 36.1 Å². The van der Waals surface area contributed by atoms with Crippen LogP contribution in [0.15, 0.2) is 24.4 Å². The summed E-state index contributed by atoms with van der Waals surface area (Å²) in [5.74, 6) is 0.793. The van der Waals surface area contributed by atoms with Crippen LogP contribution in [0.25, 0.3) is 10.9 Å². The highest BCUT2D eigenvalue weighted by Gasteiger charge is 2.25. The molecule has 0 saturated carbocycles. The highest BCUT2D eigenvalue weighted by atomic mass is 35.5. The number of hydrogen-bond donors (Lipinski definition) is 2. The van der Waals surface area contributed by atoms with Gasteiger partial charge in [0.2, 0.25) is 0 Å². The zero-order valence-electron chi connectivity index (χ0n) is 11.9. The fourth-order valence-corrected chi connectivity index (χ4v) is 3.43. The van der Waals surface area contributed by atoms with E-state index in [0.29, 0.717) is 6.04 Å². The number of nitrogens with one attached hydrogen (secondary N) is 1. The minimum Gasteiger partial charge on any atom is -0.361 e. The molecule has 1 fully saturated rings. The van der Waals surface area contributed by atoms with Crippen molar-refractivity contribution in [3.8, 4) is 0 Å². The smallest absolute Gasteiger partial charge is 0.0472 e. The SMILES string of the molecule is CC1CCN(Cc2c[nH]c3cc(Cl)ccc23)C(CN)C1. The van der Waals surface area contributed by atoms with E-state index in [2.05, 4.69) is 29.1 Å². The first kappa shape index (κ1) is 13.9. The van der Waals surface area contributed by atoms with E-state index in [9.17, 15) is 0 Å². The number of nitrogens with two attached hydrogens (primary N) is 1. The summed E-state index contributed by atoms with van der Waals surface area (Å²) in [5.41, 5.74) is 8.40. The molecular formula is C16H22ClN3. The van der Waals surface area contributed by atoms with Crippen LogP contribution < -0.4 is 5.73 Å². The molecular weight excluding hydrogens is 270 g/mol. The van der Waals surface area contributed by atoms with Crippen LogP contribution in [0.2, 0.25) is 5.02 Å². The number of H-pyrrole nitrogens is 1. The lowest BCUT2D eigenvalue weighted by atomic mass is 9.92. The maximum absolute atomic E-state index is 6.03. The number of aromatic nitrogens is 1. The molecule has 20 heavy (non-hydrogen) atoms. The van der Waals surface area contributed by atoms with Crippen molar-refractivity contribution in [2.75, 3.05) is 13.1 Å². The zero-order chi connectivity index (χ0) is 14.1. The summed E-state index contributed by atoms with van der Waals surface area (Å²) in [4.78, 5) is 5.84. The first-order valence-corrected chi connectivity index (χ1v) is 7.75. The van der Waals surface area contributed by atoms with Gasteiger partial charge in [0, 0.05) is 41.3 Å². The Balaban J connectivity index is 1.82. The number of nitrogens with zero attached hydrogens (tertiary/aromatic N) is 1. The number of halogens is 1. The predicted molar refractivity (Wildman–Crippen MR) is 85.0 cm³/mol. The van der Waals surface area contributed by atoms with E-state index < -0.39 is 0 Å². The van der Waals surface area contributed by atoms with Crippen LogP contribution in [0, 0.1) is 5.92 Å². The van der Waals surface area contributed by atoms with Crippen LogP contribution in [0.4, 0.5) is 0 Å². The maximum atomic E-state index is 6.03. The van der Waals surface area contributed by atoms with Crippen molar-refractivity contribution in [1.82, 2.24) is 9.88 Å². The molecule has 3 rings (SSSR count). The van der Waals surface area contributed by atoms with Gasteiger partial charge in [0.1, 0.15) is 0 Å². The second-order valence-electron chi connectivity index (χ2n) is 5.99.